The predicted octanol–water partition coefficient (Wildman–Crippen LogP) is 5.32. The molecule has 1 atom stereocenters. The van der Waals surface area contributed by atoms with Crippen LogP contribution in [0.25, 0.3) is 10.2 Å². The molecule has 9 nitrogen and oxygen atoms in total. The van der Waals surface area contributed by atoms with Gasteiger partial charge in [0.05, 0.1) is 42.1 Å². The highest BCUT2D eigenvalue weighted by atomic mass is 79.9. The Balaban J connectivity index is 1.64. The van der Waals surface area contributed by atoms with E-state index in [1.165, 1.54) is 11.3 Å². The van der Waals surface area contributed by atoms with Gasteiger partial charge < -0.3 is 18.9 Å². The number of hydrogen-bond acceptors (Lipinski definition) is 8. The molecule has 5 rings (SSSR count). The van der Waals surface area contributed by atoms with Gasteiger partial charge in [0.15, 0.2) is 0 Å². The van der Waals surface area contributed by atoms with E-state index in [4.69, 9.17) is 18.9 Å². The van der Waals surface area contributed by atoms with Gasteiger partial charge in [-0.15, -0.1) is 11.3 Å². The van der Waals surface area contributed by atoms with Crippen molar-refractivity contribution in [3.05, 3.63) is 60.0 Å². The average molecular weight is 650 g/mol. The molecule has 1 unspecified atom stereocenters. The molecule has 1 spiro atoms. The van der Waals surface area contributed by atoms with E-state index in [0.717, 1.165) is 40.0 Å². The molecule has 222 valence electrons. The van der Waals surface area contributed by atoms with E-state index in [9.17, 15) is 14.4 Å². The molecule has 0 N–H and O–H groups in total. The summed E-state index contributed by atoms with van der Waals surface area (Å²) in [6, 6.07) is 7.59. The van der Waals surface area contributed by atoms with E-state index >= 15 is 0 Å². The molecular weight excluding hydrogens is 612 g/mol. The number of hydrogen-bond donors (Lipinski definition) is 0. The Bertz CT molecular complexity index is 1600. The average Bonchev–Trinajstić information content (AvgIpc) is 3.14. The number of aryl methyl sites for hydroxylation is 1. The Morgan fingerprint density at radius 2 is 1.83 bits per heavy atom. The number of aromatic nitrogens is 2. The number of methoxy groups -OCH3 is 1. The first-order valence-corrected chi connectivity index (χ1v) is 15.3. The Kier molecular flexibility index (Phi) is 7.80. The van der Waals surface area contributed by atoms with Crippen LogP contribution in [0.3, 0.4) is 0 Å². The van der Waals surface area contributed by atoms with Crippen LogP contribution in [-0.4, -0.2) is 47.1 Å². The van der Waals surface area contributed by atoms with E-state index in [1.807, 2.05) is 31.2 Å². The van der Waals surface area contributed by atoms with Crippen molar-refractivity contribution in [1.82, 2.24) is 9.13 Å². The van der Waals surface area contributed by atoms with Crippen molar-refractivity contribution in [3.8, 4) is 5.75 Å². The van der Waals surface area contributed by atoms with Crippen molar-refractivity contribution in [3.63, 3.8) is 0 Å². The van der Waals surface area contributed by atoms with Crippen LogP contribution in [0.5, 0.6) is 5.75 Å². The van der Waals surface area contributed by atoms with Crippen molar-refractivity contribution >= 4 is 43.5 Å². The van der Waals surface area contributed by atoms with Crippen LogP contribution in [0, 0.1) is 12.3 Å². The number of thiophene rings is 1. The lowest BCUT2D eigenvalue weighted by atomic mass is 9.65. The second-order valence-electron chi connectivity index (χ2n) is 12.7. The normalized spacial score (nSPS) is 17.8. The molecule has 0 radical (unpaired) electrons. The van der Waals surface area contributed by atoms with E-state index < -0.39 is 34.5 Å². The molecule has 3 heterocycles. The number of rotatable bonds is 8. The SMILES string of the molecule is COc1ccccc1C(Cn1c(=O)n(C(C)(C)C(=O)OC(C)(C)C)c(=O)c2c(C)c(Br)sc21)OC1CC2(COC2)C1. The van der Waals surface area contributed by atoms with Crippen LogP contribution in [0.1, 0.15) is 64.7 Å². The number of halogens is 1. The van der Waals surface area contributed by atoms with Gasteiger partial charge in [0.1, 0.15) is 27.8 Å². The van der Waals surface area contributed by atoms with Crippen LogP contribution < -0.4 is 16.0 Å². The highest BCUT2D eigenvalue weighted by molar-refractivity contribution is 9.11. The smallest absolute Gasteiger partial charge is 0.333 e. The van der Waals surface area contributed by atoms with Crippen molar-refractivity contribution in [1.29, 1.82) is 0 Å². The highest BCUT2D eigenvalue weighted by Gasteiger charge is 2.51. The van der Waals surface area contributed by atoms with Crippen LogP contribution in [-0.2, 0) is 31.1 Å². The number of fused-ring (bicyclic) bond motifs is 1. The summed E-state index contributed by atoms with van der Waals surface area (Å²) in [6.07, 6.45) is 1.23. The number of carbonyl (C=O) groups excluding carboxylic acids is 1. The van der Waals surface area contributed by atoms with Gasteiger partial charge in [-0.2, -0.15) is 0 Å². The molecular formula is C30H37BrN2O7S. The van der Waals surface area contributed by atoms with E-state index in [2.05, 4.69) is 15.9 Å². The maximum absolute atomic E-state index is 14.3. The summed E-state index contributed by atoms with van der Waals surface area (Å²) in [5.41, 5.74) is -1.79. The molecule has 2 aliphatic rings. The lowest BCUT2D eigenvalue weighted by Gasteiger charge is -2.53. The molecule has 1 saturated heterocycles. The van der Waals surface area contributed by atoms with Crippen LogP contribution in [0.4, 0.5) is 0 Å². The topological polar surface area (TPSA) is 98.0 Å². The number of ether oxygens (including phenoxy) is 4. The van der Waals surface area contributed by atoms with Gasteiger partial charge in [-0.3, -0.25) is 9.36 Å². The van der Waals surface area contributed by atoms with Crippen molar-refractivity contribution in [2.24, 2.45) is 5.41 Å². The zero-order valence-corrected chi connectivity index (χ0v) is 26.9. The van der Waals surface area contributed by atoms with Crippen molar-refractivity contribution in [2.75, 3.05) is 20.3 Å². The summed E-state index contributed by atoms with van der Waals surface area (Å²) in [4.78, 5) is 42.1. The summed E-state index contributed by atoms with van der Waals surface area (Å²) < 4.78 is 26.8. The molecule has 41 heavy (non-hydrogen) atoms. The minimum Gasteiger partial charge on any atom is -0.496 e. The number of para-hydroxylation sites is 1. The summed E-state index contributed by atoms with van der Waals surface area (Å²) >= 11 is 4.88. The number of esters is 1. The summed E-state index contributed by atoms with van der Waals surface area (Å²) in [5.74, 6) is -0.0178. The van der Waals surface area contributed by atoms with Gasteiger partial charge in [-0.1, -0.05) is 18.2 Å². The van der Waals surface area contributed by atoms with Gasteiger partial charge in [-0.25, -0.2) is 14.2 Å². The molecule has 2 fully saturated rings. The first-order valence-electron chi connectivity index (χ1n) is 13.7. The quantitative estimate of drug-likeness (QED) is 0.305. The maximum atomic E-state index is 14.3. The molecule has 1 saturated carbocycles. The first kappa shape index (κ1) is 30.0. The molecule has 0 bridgehead atoms. The Labute approximate surface area is 251 Å². The highest BCUT2D eigenvalue weighted by Crippen LogP contribution is 2.50. The molecule has 1 aliphatic heterocycles. The lowest BCUT2D eigenvalue weighted by Crippen LogP contribution is -2.56. The largest absolute Gasteiger partial charge is 0.496 e. The van der Waals surface area contributed by atoms with Gasteiger partial charge >= 0.3 is 11.7 Å². The minimum absolute atomic E-state index is 0.000854. The monoisotopic (exact) mass is 648 g/mol. The summed E-state index contributed by atoms with van der Waals surface area (Å²) in [6.45, 7) is 11.8. The fourth-order valence-corrected chi connectivity index (χ4v) is 7.33. The predicted molar refractivity (Wildman–Crippen MR) is 161 cm³/mol. The Hall–Kier alpha value is -2.47. The van der Waals surface area contributed by atoms with Crippen molar-refractivity contribution in [2.45, 2.75) is 84.3 Å². The molecule has 11 heteroatoms. The minimum atomic E-state index is -1.57. The number of benzene rings is 1. The van der Waals surface area contributed by atoms with Crippen LogP contribution in [0.15, 0.2) is 37.6 Å². The fourth-order valence-electron chi connectivity index (χ4n) is 5.64. The molecule has 0 amide bonds. The lowest BCUT2D eigenvalue weighted by molar-refractivity contribution is -0.221. The van der Waals surface area contributed by atoms with Gasteiger partial charge in [0, 0.05) is 11.0 Å². The van der Waals surface area contributed by atoms with Gasteiger partial charge in [0.25, 0.3) is 5.56 Å². The Morgan fingerprint density at radius 3 is 2.41 bits per heavy atom. The number of nitrogens with zero attached hydrogens (tertiary/aromatic N) is 2. The van der Waals surface area contributed by atoms with Gasteiger partial charge in [-0.05, 0) is 81.9 Å². The maximum Gasteiger partial charge on any atom is 0.333 e. The van der Waals surface area contributed by atoms with E-state index in [1.54, 1.807) is 46.3 Å². The van der Waals surface area contributed by atoms with Crippen molar-refractivity contribution < 1.29 is 23.7 Å². The third-order valence-electron chi connectivity index (χ3n) is 7.94. The van der Waals surface area contributed by atoms with Gasteiger partial charge in [0.2, 0.25) is 0 Å². The molecule has 1 aromatic carbocycles. The second kappa shape index (κ2) is 10.7. The number of carbonyl (C=O) groups is 1. The molecule has 1 aliphatic carbocycles. The van der Waals surface area contributed by atoms with E-state index in [-0.39, 0.29) is 18.1 Å². The first-order chi connectivity index (χ1) is 19.2. The third-order valence-corrected chi connectivity index (χ3v) is 10.1. The molecule has 2 aromatic heterocycles. The van der Waals surface area contributed by atoms with Crippen LogP contribution >= 0.6 is 27.3 Å². The summed E-state index contributed by atoms with van der Waals surface area (Å²) in [7, 11) is 1.60. The zero-order chi connectivity index (χ0) is 29.9. The van der Waals surface area contributed by atoms with Crippen LogP contribution in [0.2, 0.25) is 0 Å². The second-order valence-corrected chi connectivity index (χ2v) is 15.0. The Morgan fingerprint density at radius 1 is 1.17 bits per heavy atom. The standard InChI is InChI=1S/C30H37BrN2O7S/c1-17-22-24(34)33(29(5,6)26(35)40-28(2,3)4)27(36)32(25(22)41-23(17)31)14-21(19-10-8-9-11-20(19)37-7)39-18-12-30(13-18)15-38-16-30/h8-11,18,21H,12-16H2,1-7H3. The third kappa shape index (κ3) is 5.42. The summed E-state index contributed by atoms with van der Waals surface area (Å²) in [5, 5.41) is 0.381. The zero-order valence-electron chi connectivity index (χ0n) is 24.5. The molecule has 3 aromatic rings. The fraction of sp³-hybridized carbons (Fsp3) is 0.567. The van der Waals surface area contributed by atoms with E-state index in [0.29, 0.717) is 21.5 Å².